The molecule has 5 heteroatoms. The zero-order valence-corrected chi connectivity index (χ0v) is 14.4. The fourth-order valence-corrected chi connectivity index (χ4v) is 2.69. The van der Waals surface area contributed by atoms with Gasteiger partial charge in [-0.3, -0.25) is 4.79 Å². The van der Waals surface area contributed by atoms with Crippen LogP contribution in [0.2, 0.25) is 5.02 Å². The van der Waals surface area contributed by atoms with Crippen LogP contribution in [0.15, 0.2) is 42.5 Å². The highest BCUT2D eigenvalue weighted by Gasteiger charge is 2.09. The molecule has 0 fully saturated rings. The Morgan fingerprint density at radius 2 is 1.92 bits per heavy atom. The first-order valence-electron chi connectivity index (χ1n) is 7.80. The van der Waals surface area contributed by atoms with E-state index in [1.807, 2.05) is 25.1 Å². The summed E-state index contributed by atoms with van der Waals surface area (Å²) in [5.41, 5.74) is 3.99. The number of ether oxygens (including phenoxy) is 1. The van der Waals surface area contributed by atoms with Crippen LogP contribution in [0.4, 0.5) is 0 Å². The molecule has 0 aliphatic rings. The summed E-state index contributed by atoms with van der Waals surface area (Å²) in [6, 6.07) is 12.8. The maximum atomic E-state index is 12.3. The second-order valence-corrected chi connectivity index (χ2v) is 6.13. The number of H-pyrrole nitrogens is 1. The minimum atomic E-state index is -0.102. The van der Waals surface area contributed by atoms with Gasteiger partial charge < -0.3 is 15.0 Å². The zero-order chi connectivity index (χ0) is 17.1. The average Bonchev–Trinajstić information content (AvgIpc) is 2.87. The molecule has 0 aliphatic carbocycles. The number of hydrogen-bond acceptors (Lipinski definition) is 2. The lowest BCUT2D eigenvalue weighted by molar-refractivity contribution is 0.0947. The lowest BCUT2D eigenvalue weighted by Gasteiger charge is -2.08. The van der Waals surface area contributed by atoms with Crippen LogP contribution < -0.4 is 10.1 Å². The first-order valence-corrected chi connectivity index (χ1v) is 8.18. The Balaban J connectivity index is 1.57. The standard InChI is InChI=1S/C19H19ClN2O2/c1-12-13(2)22-18-8-3-14(11-17(12)18)19(23)21-9-10-24-16-6-4-15(20)5-7-16/h3-8,11,22H,9-10H2,1-2H3,(H,21,23). The Labute approximate surface area is 145 Å². The number of carbonyl (C=O) groups is 1. The smallest absolute Gasteiger partial charge is 0.251 e. The van der Waals surface area contributed by atoms with Gasteiger partial charge in [-0.2, -0.15) is 0 Å². The highest BCUT2D eigenvalue weighted by molar-refractivity contribution is 6.30. The lowest BCUT2D eigenvalue weighted by atomic mass is 10.1. The predicted octanol–water partition coefficient (Wildman–Crippen LogP) is 4.25. The molecule has 1 aromatic heterocycles. The van der Waals surface area contributed by atoms with Crippen LogP contribution >= 0.6 is 11.6 Å². The van der Waals surface area contributed by atoms with E-state index >= 15 is 0 Å². The third kappa shape index (κ3) is 3.54. The van der Waals surface area contributed by atoms with E-state index in [4.69, 9.17) is 16.3 Å². The number of amides is 1. The van der Waals surface area contributed by atoms with E-state index in [1.165, 1.54) is 5.56 Å². The number of aryl methyl sites for hydroxylation is 2. The quantitative estimate of drug-likeness (QED) is 0.681. The van der Waals surface area contributed by atoms with Gasteiger partial charge in [0, 0.05) is 27.2 Å². The number of hydrogen-bond donors (Lipinski definition) is 2. The average molecular weight is 343 g/mol. The molecular weight excluding hydrogens is 324 g/mol. The van der Waals surface area contributed by atoms with Crippen molar-refractivity contribution in [3.63, 3.8) is 0 Å². The van der Waals surface area contributed by atoms with Crippen molar-refractivity contribution >= 4 is 28.4 Å². The van der Waals surface area contributed by atoms with Gasteiger partial charge >= 0.3 is 0 Å². The maximum Gasteiger partial charge on any atom is 0.251 e. The Kier molecular flexibility index (Phi) is 4.76. The fraction of sp³-hybridized carbons (Fsp3) is 0.211. The van der Waals surface area contributed by atoms with Crippen LogP contribution in [0.25, 0.3) is 10.9 Å². The van der Waals surface area contributed by atoms with E-state index in [1.54, 1.807) is 24.3 Å². The fourth-order valence-electron chi connectivity index (χ4n) is 2.57. The molecule has 0 aliphatic heterocycles. The number of halogens is 1. The van der Waals surface area contributed by atoms with Crippen LogP contribution in [0.3, 0.4) is 0 Å². The van der Waals surface area contributed by atoms with Crippen molar-refractivity contribution in [3.8, 4) is 5.75 Å². The summed E-state index contributed by atoms with van der Waals surface area (Å²) < 4.78 is 5.56. The summed E-state index contributed by atoms with van der Waals surface area (Å²) >= 11 is 5.82. The van der Waals surface area contributed by atoms with Crippen LogP contribution in [0.1, 0.15) is 21.6 Å². The van der Waals surface area contributed by atoms with Crippen molar-refractivity contribution in [3.05, 3.63) is 64.3 Å². The molecule has 24 heavy (non-hydrogen) atoms. The van der Waals surface area contributed by atoms with E-state index in [2.05, 4.69) is 17.2 Å². The van der Waals surface area contributed by atoms with E-state index < -0.39 is 0 Å². The summed E-state index contributed by atoms with van der Waals surface area (Å²) in [7, 11) is 0. The maximum absolute atomic E-state index is 12.3. The van der Waals surface area contributed by atoms with Crippen molar-refractivity contribution in [2.75, 3.05) is 13.2 Å². The molecule has 4 nitrogen and oxygen atoms in total. The summed E-state index contributed by atoms with van der Waals surface area (Å²) in [5, 5.41) is 4.62. The summed E-state index contributed by atoms with van der Waals surface area (Å²) in [4.78, 5) is 15.6. The van der Waals surface area contributed by atoms with Gasteiger partial charge in [0.05, 0.1) is 6.54 Å². The van der Waals surface area contributed by atoms with E-state index in [0.29, 0.717) is 23.7 Å². The second-order valence-electron chi connectivity index (χ2n) is 5.69. The SMILES string of the molecule is Cc1[nH]c2ccc(C(=O)NCCOc3ccc(Cl)cc3)cc2c1C. The van der Waals surface area contributed by atoms with Crippen molar-refractivity contribution in [2.24, 2.45) is 0 Å². The Morgan fingerprint density at radius 3 is 2.67 bits per heavy atom. The monoisotopic (exact) mass is 342 g/mol. The molecule has 3 rings (SSSR count). The van der Waals surface area contributed by atoms with Crippen molar-refractivity contribution < 1.29 is 9.53 Å². The third-order valence-corrected chi connectivity index (χ3v) is 4.29. The topological polar surface area (TPSA) is 54.1 Å². The van der Waals surface area contributed by atoms with Crippen LogP contribution in [-0.4, -0.2) is 24.0 Å². The predicted molar refractivity (Wildman–Crippen MR) is 97.1 cm³/mol. The number of aromatic amines is 1. The zero-order valence-electron chi connectivity index (χ0n) is 13.7. The normalized spacial score (nSPS) is 10.8. The number of carbonyl (C=O) groups excluding carboxylic acids is 1. The van der Waals surface area contributed by atoms with Crippen LogP contribution in [0.5, 0.6) is 5.75 Å². The van der Waals surface area contributed by atoms with Gasteiger partial charge in [0.1, 0.15) is 12.4 Å². The lowest BCUT2D eigenvalue weighted by Crippen LogP contribution is -2.28. The van der Waals surface area contributed by atoms with Gasteiger partial charge in [-0.05, 0) is 61.9 Å². The molecule has 0 spiro atoms. The molecule has 0 radical (unpaired) electrons. The molecule has 0 bridgehead atoms. The Morgan fingerprint density at radius 1 is 1.17 bits per heavy atom. The largest absolute Gasteiger partial charge is 0.492 e. The van der Waals surface area contributed by atoms with E-state index in [0.717, 1.165) is 22.3 Å². The first-order chi connectivity index (χ1) is 11.5. The van der Waals surface area contributed by atoms with Gasteiger partial charge in [-0.1, -0.05) is 11.6 Å². The molecular formula is C19H19ClN2O2. The van der Waals surface area contributed by atoms with Gasteiger partial charge in [-0.25, -0.2) is 0 Å². The molecule has 1 amide bonds. The van der Waals surface area contributed by atoms with Crippen LogP contribution in [-0.2, 0) is 0 Å². The van der Waals surface area contributed by atoms with Crippen molar-refractivity contribution in [1.29, 1.82) is 0 Å². The van der Waals surface area contributed by atoms with Gasteiger partial charge in [0.15, 0.2) is 0 Å². The van der Waals surface area contributed by atoms with Gasteiger partial charge in [0.2, 0.25) is 0 Å². The van der Waals surface area contributed by atoms with Crippen molar-refractivity contribution in [1.82, 2.24) is 10.3 Å². The summed E-state index contributed by atoms with van der Waals surface area (Å²) in [6.07, 6.45) is 0. The number of aromatic nitrogens is 1. The molecule has 0 saturated heterocycles. The molecule has 2 N–H and O–H groups in total. The van der Waals surface area contributed by atoms with Crippen LogP contribution in [0, 0.1) is 13.8 Å². The molecule has 3 aromatic rings. The van der Waals surface area contributed by atoms with E-state index in [-0.39, 0.29) is 5.91 Å². The van der Waals surface area contributed by atoms with Crippen molar-refractivity contribution in [2.45, 2.75) is 13.8 Å². The molecule has 124 valence electrons. The Hall–Kier alpha value is -2.46. The molecule has 0 unspecified atom stereocenters. The Bertz CT molecular complexity index is 869. The number of nitrogens with one attached hydrogen (secondary N) is 2. The minimum absolute atomic E-state index is 0.102. The molecule has 0 atom stereocenters. The highest BCUT2D eigenvalue weighted by Crippen LogP contribution is 2.22. The number of benzene rings is 2. The minimum Gasteiger partial charge on any atom is -0.492 e. The molecule has 0 saturated carbocycles. The second kappa shape index (κ2) is 6.97. The number of fused-ring (bicyclic) bond motifs is 1. The summed E-state index contributed by atoms with van der Waals surface area (Å²) in [5.74, 6) is 0.628. The van der Waals surface area contributed by atoms with E-state index in [9.17, 15) is 4.79 Å². The third-order valence-electron chi connectivity index (χ3n) is 4.04. The highest BCUT2D eigenvalue weighted by atomic mass is 35.5. The van der Waals surface area contributed by atoms with Gasteiger partial charge in [-0.15, -0.1) is 0 Å². The summed E-state index contributed by atoms with van der Waals surface area (Å²) in [6.45, 7) is 4.92. The first kappa shape index (κ1) is 16.4. The van der Waals surface area contributed by atoms with Gasteiger partial charge in [0.25, 0.3) is 5.91 Å². The molecule has 1 heterocycles. The number of rotatable bonds is 5. The molecule has 2 aromatic carbocycles.